The standard InChI is InChI=1S/C13H14N2OS/c14-11-5-2-6-12(13(11)15)16-10-4-1-3-9(7-10)8-17/h1-7,17H,8,14-15H2. The Morgan fingerprint density at radius 2 is 1.82 bits per heavy atom. The topological polar surface area (TPSA) is 61.3 Å². The van der Waals surface area contributed by atoms with E-state index in [1.54, 1.807) is 12.1 Å². The maximum absolute atomic E-state index is 5.84. The summed E-state index contributed by atoms with van der Waals surface area (Å²) in [5, 5.41) is 0. The highest BCUT2D eigenvalue weighted by Crippen LogP contribution is 2.31. The second-order valence-electron chi connectivity index (χ2n) is 3.67. The summed E-state index contributed by atoms with van der Waals surface area (Å²) in [5.74, 6) is 1.97. The number of para-hydroxylation sites is 1. The van der Waals surface area contributed by atoms with Gasteiger partial charge in [0.05, 0.1) is 11.4 Å². The summed E-state index contributed by atoms with van der Waals surface area (Å²) >= 11 is 4.22. The van der Waals surface area contributed by atoms with Crippen molar-refractivity contribution in [3.8, 4) is 11.5 Å². The molecule has 0 saturated heterocycles. The molecule has 0 aromatic heterocycles. The molecule has 2 aromatic carbocycles. The molecule has 0 radical (unpaired) electrons. The number of hydrogen-bond donors (Lipinski definition) is 3. The SMILES string of the molecule is Nc1cccc(Oc2cccc(CS)c2)c1N. The van der Waals surface area contributed by atoms with Crippen molar-refractivity contribution in [3.05, 3.63) is 48.0 Å². The van der Waals surface area contributed by atoms with Crippen LogP contribution in [0.4, 0.5) is 11.4 Å². The molecule has 0 aliphatic carbocycles. The minimum atomic E-state index is 0.462. The van der Waals surface area contributed by atoms with E-state index in [-0.39, 0.29) is 0 Å². The zero-order chi connectivity index (χ0) is 12.3. The molecule has 0 spiro atoms. The number of thiol groups is 1. The Labute approximate surface area is 106 Å². The third kappa shape index (κ3) is 2.65. The molecule has 0 bridgehead atoms. The Kier molecular flexibility index (Phi) is 3.44. The maximum atomic E-state index is 5.84. The number of rotatable bonds is 3. The quantitative estimate of drug-likeness (QED) is 0.576. The van der Waals surface area contributed by atoms with Crippen LogP contribution in [0.3, 0.4) is 0 Å². The molecule has 2 aromatic rings. The summed E-state index contributed by atoms with van der Waals surface area (Å²) in [7, 11) is 0. The summed E-state index contributed by atoms with van der Waals surface area (Å²) in [6, 6.07) is 13.0. The van der Waals surface area contributed by atoms with Gasteiger partial charge in [-0.1, -0.05) is 18.2 Å². The molecular weight excluding hydrogens is 232 g/mol. The van der Waals surface area contributed by atoms with Crippen molar-refractivity contribution in [2.75, 3.05) is 11.5 Å². The second kappa shape index (κ2) is 5.01. The van der Waals surface area contributed by atoms with Crippen LogP contribution < -0.4 is 16.2 Å². The number of anilines is 2. The summed E-state index contributed by atoms with van der Waals surface area (Å²) in [4.78, 5) is 0. The van der Waals surface area contributed by atoms with Gasteiger partial charge < -0.3 is 16.2 Å². The van der Waals surface area contributed by atoms with Gasteiger partial charge >= 0.3 is 0 Å². The van der Waals surface area contributed by atoms with Crippen LogP contribution in [-0.2, 0) is 5.75 Å². The molecule has 0 atom stereocenters. The highest BCUT2D eigenvalue weighted by atomic mass is 32.1. The number of ether oxygens (including phenoxy) is 1. The molecule has 0 saturated carbocycles. The third-order valence-corrected chi connectivity index (χ3v) is 2.77. The highest BCUT2D eigenvalue weighted by molar-refractivity contribution is 7.79. The first-order valence-corrected chi connectivity index (χ1v) is 5.85. The molecule has 3 nitrogen and oxygen atoms in total. The van der Waals surface area contributed by atoms with Gasteiger partial charge in [-0.2, -0.15) is 12.6 Å². The lowest BCUT2D eigenvalue weighted by molar-refractivity contribution is 0.485. The second-order valence-corrected chi connectivity index (χ2v) is 3.98. The summed E-state index contributed by atoms with van der Waals surface area (Å²) in [6.45, 7) is 0. The van der Waals surface area contributed by atoms with Crippen LogP contribution in [0.2, 0.25) is 0 Å². The van der Waals surface area contributed by atoms with Gasteiger partial charge in [0.1, 0.15) is 5.75 Å². The Hall–Kier alpha value is -1.81. The average Bonchev–Trinajstić information content (AvgIpc) is 2.35. The molecule has 0 fully saturated rings. The minimum Gasteiger partial charge on any atom is -0.455 e. The van der Waals surface area contributed by atoms with E-state index in [4.69, 9.17) is 16.2 Å². The van der Waals surface area contributed by atoms with Gasteiger partial charge in [0.25, 0.3) is 0 Å². The van der Waals surface area contributed by atoms with Gasteiger partial charge in [-0.3, -0.25) is 0 Å². The van der Waals surface area contributed by atoms with E-state index in [2.05, 4.69) is 12.6 Å². The first-order valence-electron chi connectivity index (χ1n) is 5.22. The third-order valence-electron chi connectivity index (χ3n) is 2.41. The van der Waals surface area contributed by atoms with E-state index in [0.29, 0.717) is 22.9 Å². The van der Waals surface area contributed by atoms with Crippen molar-refractivity contribution in [3.63, 3.8) is 0 Å². The van der Waals surface area contributed by atoms with E-state index in [1.807, 2.05) is 30.3 Å². The van der Waals surface area contributed by atoms with Gasteiger partial charge in [-0.05, 0) is 29.8 Å². The van der Waals surface area contributed by atoms with Crippen LogP contribution in [0.25, 0.3) is 0 Å². The Morgan fingerprint density at radius 3 is 2.59 bits per heavy atom. The van der Waals surface area contributed by atoms with Crippen molar-refractivity contribution < 1.29 is 4.74 Å². The van der Waals surface area contributed by atoms with Crippen LogP contribution in [0.15, 0.2) is 42.5 Å². The normalized spacial score (nSPS) is 10.2. The monoisotopic (exact) mass is 246 g/mol. The predicted octanol–water partition coefficient (Wildman–Crippen LogP) is 3.07. The molecule has 0 heterocycles. The van der Waals surface area contributed by atoms with Gasteiger partial charge in [0.2, 0.25) is 0 Å². The van der Waals surface area contributed by atoms with Crippen molar-refractivity contribution in [2.45, 2.75) is 5.75 Å². The Balaban J connectivity index is 2.28. The van der Waals surface area contributed by atoms with Crippen LogP contribution in [-0.4, -0.2) is 0 Å². The summed E-state index contributed by atoms with van der Waals surface area (Å²) in [5.41, 5.74) is 13.6. The lowest BCUT2D eigenvalue weighted by atomic mass is 10.2. The van der Waals surface area contributed by atoms with E-state index < -0.39 is 0 Å². The maximum Gasteiger partial charge on any atom is 0.152 e. The molecule has 4 heteroatoms. The van der Waals surface area contributed by atoms with E-state index in [9.17, 15) is 0 Å². The van der Waals surface area contributed by atoms with Crippen LogP contribution in [0, 0.1) is 0 Å². The first kappa shape index (κ1) is 11.7. The fourth-order valence-electron chi connectivity index (χ4n) is 1.48. The van der Waals surface area contributed by atoms with Crippen LogP contribution >= 0.6 is 12.6 Å². The van der Waals surface area contributed by atoms with Crippen LogP contribution in [0.1, 0.15) is 5.56 Å². The zero-order valence-corrected chi connectivity index (χ0v) is 10.2. The number of hydrogen-bond acceptors (Lipinski definition) is 4. The van der Waals surface area contributed by atoms with E-state index in [0.717, 1.165) is 11.3 Å². The largest absolute Gasteiger partial charge is 0.455 e. The fourth-order valence-corrected chi connectivity index (χ4v) is 1.68. The molecule has 0 aliphatic heterocycles. The summed E-state index contributed by atoms with van der Waals surface area (Å²) < 4.78 is 5.69. The number of nitrogen functional groups attached to an aromatic ring is 2. The number of nitrogens with two attached hydrogens (primary N) is 2. The lowest BCUT2D eigenvalue weighted by Gasteiger charge is -2.10. The fraction of sp³-hybridized carbons (Fsp3) is 0.0769. The lowest BCUT2D eigenvalue weighted by Crippen LogP contribution is -1.97. The molecule has 4 N–H and O–H groups in total. The van der Waals surface area contributed by atoms with Gasteiger partial charge in [-0.25, -0.2) is 0 Å². The van der Waals surface area contributed by atoms with Gasteiger partial charge in [0, 0.05) is 5.75 Å². The predicted molar refractivity (Wildman–Crippen MR) is 74.5 cm³/mol. The van der Waals surface area contributed by atoms with E-state index >= 15 is 0 Å². The molecule has 17 heavy (non-hydrogen) atoms. The van der Waals surface area contributed by atoms with Crippen molar-refractivity contribution in [2.24, 2.45) is 0 Å². The molecule has 0 aliphatic rings. The van der Waals surface area contributed by atoms with Crippen molar-refractivity contribution >= 4 is 24.0 Å². The molecule has 88 valence electrons. The van der Waals surface area contributed by atoms with Crippen LogP contribution in [0.5, 0.6) is 11.5 Å². The first-order chi connectivity index (χ1) is 8.20. The highest BCUT2D eigenvalue weighted by Gasteiger charge is 2.04. The Morgan fingerprint density at radius 1 is 1.06 bits per heavy atom. The Bertz CT molecular complexity index is 529. The molecule has 2 rings (SSSR count). The molecule has 0 amide bonds. The molecule has 0 unspecified atom stereocenters. The zero-order valence-electron chi connectivity index (χ0n) is 9.26. The summed E-state index contributed by atoms with van der Waals surface area (Å²) in [6.07, 6.45) is 0. The van der Waals surface area contributed by atoms with Gasteiger partial charge in [-0.15, -0.1) is 0 Å². The minimum absolute atomic E-state index is 0.462. The van der Waals surface area contributed by atoms with Crippen molar-refractivity contribution in [1.29, 1.82) is 0 Å². The smallest absolute Gasteiger partial charge is 0.152 e. The average molecular weight is 246 g/mol. The van der Waals surface area contributed by atoms with Gasteiger partial charge in [0.15, 0.2) is 5.75 Å². The molecular formula is C13H14N2OS. The van der Waals surface area contributed by atoms with E-state index in [1.165, 1.54) is 0 Å². The number of benzene rings is 2. The van der Waals surface area contributed by atoms with Crippen molar-refractivity contribution in [1.82, 2.24) is 0 Å².